The van der Waals surface area contributed by atoms with Gasteiger partial charge in [-0.1, -0.05) is 0 Å². The first kappa shape index (κ1) is 9.11. The van der Waals surface area contributed by atoms with Crippen molar-refractivity contribution in [3.05, 3.63) is 15.0 Å². The Bertz CT molecular complexity index is 324. The minimum Gasteiger partial charge on any atom is -0.377 e. The van der Waals surface area contributed by atoms with E-state index in [0.717, 1.165) is 3.79 Å². The topological polar surface area (TPSA) is 51.2 Å². The quantitative estimate of drug-likeness (QED) is 0.867. The number of aromatic nitrogens is 1. The van der Waals surface area contributed by atoms with Gasteiger partial charge in [0.05, 0.1) is 24.8 Å². The van der Waals surface area contributed by atoms with Gasteiger partial charge in [-0.3, -0.25) is 4.79 Å². The van der Waals surface area contributed by atoms with E-state index in [2.05, 4.69) is 26.2 Å². The van der Waals surface area contributed by atoms with Crippen LogP contribution in [0.15, 0.2) is 9.30 Å². The molecule has 1 aliphatic rings. The number of halogens is 1. The highest BCUT2D eigenvalue weighted by Crippen LogP contribution is 2.20. The lowest BCUT2D eigenvalue weighted by atomic mass is 10.2. The van der Waals surface area contributed by atoms with Gasteiger partial charge in [0.1, 0.15) is 3.79 Å². The molecule has 13 heavy (non-hydrogen) atoms. The first-order valence-electron chi connectivity index (χ1n) is 3.75. The molecule has 0 bridgehead atoms. The number of rotatable bonds is 2. The van der Waals surface area contributed by atoms with Crippen LogP contribution in [0.5, 0.6) is 0 Å². The molecule has 1 aromatic rings. The number of ether oxygens (including phenoxy) is 1. The first-order chi connectivity index (χ1) is 6.27. The van der Waals surface area contributed by atoms with Crippen LogP contribution in [-0.2, 0) is 4.74 Å². The van der Waals surface area contributed by atoms with Crippen molar-refractivity contribution in [2.45, 2.75) is 6.04 Å². The van der Waals surface area contributed by atoms with Crippen molar-refractivity contribution >= 4 is 33.2 Å². The molecule has 0 aromatic carbocycles. The van der Waals surface area contributed by atoms with Crippen molar-refractivity contribution in [2.75, 3.05) is 13.2 Å². The molecule has 1 aromatic heterocycles. The second-order valence-corrected chi connectivity index (χ2v) is 4.86. The Kier molecular flexibility index (Phi) is 2.61. The molecule has 0 saturated carbocycles. The summed E-state index contributed by atoms with van der Waals surface area (Å²) >= 11 is 4.66. The summed E-state index contributed by atoms with van der Waals surface area (Å²) in [5, 5.41) is 2.81. The Morgan fingerprint density at radius 2 is 2.54 bits per heavy atom. The maximum Gasteiger partial charge on any atom is 0.272 e. The van der Waals surface area contributed by atoms with Crippen molar-refractivity contribution in [2.24, 2.45) is 0 Å². The van der Waals surface area contributed by atoms with Gasteiger partial charge in [-0.15, -0.1) is 11.3 Å². The average molecular weight is 263 g/mol. The first-order valence-corrected chi connectivity index (χ1v) is 5.42. The number of carbonyl (C=O) groups is 1. The molecule has 1 fully saturated rings. The molecular weight excluding hydrogens is 256 g/mol. The third-order valence-corrected chi connectivity index (χ3v) is 3.26. The summed E-state index contributed by atoms with van der Waals surface area (Å²) < 4.78 is 5.71. The highest BCUT2D eigenvalue weighted by atomic mass is 79.9. The molecule has 1 N–H and O–H groups in total. The molecule has 70 valence electrons. The monoisotopic (exact) mass is 262 g/mol. The van der Waals surface area contributed by atoms with E-state index >= 15 is 0 Å². The predicted molar refractivity (Wildman–Crippen MR) is 51.9 cm³/mol. The Labute approximate surface area is 87.4 Å². The molecule has 2 rings (SSSR count). The molecule has 2 heterocycles. The van der Waals surface area contributed by atoms with Crippen LogP contribution < -0.4 is 5.32 Å². The van der Waals surface area contributed by atoms with Crippen molar-refractivity contribution in [3.63, 3.8) is 0 Å². The standard InChI is InChI=1S/C7H7BrN2O2S/c8-6-5(9-3-13-6)7(11)10-4-1-12-2-4/h3-4H,1-2H2,(H,10,11). The summed E-state index contributed by atoms with van der Waals surface area (Å²) in [6.45, 7) is 1.21. The predicted octanol–water partition coefficient (Wildman–Crippen LogP) is 1.03. The molecule has 4 nitrogen and oxygen atoms in total. The molecule has 0 aliphatic carbocycles. The summed E-state index contributed by atoms with van der Waals surface area (Å²) in [7, 11) is 0. The van der Waals surface area contributed by atoms with Crippen LogP contribution in [0.2, 0.25) is 0 Å². The maximum absolute atomic E-state index is 11.5. The van der Waals surface area contributed by atoms with E-state index in [9.17, 15) is 4.79 Å². The Balaban J connectivity index is 2.00. The van der Waals surface area contributed by atoms with Crippen LogP contribution >= 0.6 is 27.3 Å². The zero-order valence-corrected chi connectivity index (χ0v) is 9.02. The van der Waals surface area contributed by atoms with Gasteiger partial charge < -0.3 is 10.1 Å². The maximum atomic E-state index is 11.5. The smallest absolute Gasteiger partial charge is 0.272 e. The lowest BCUT2D eigenvalue weighted by Crippen LogP contribution is -2.48. The van der Waals surface area contributed by atoms with E-state index < -0.39 is 0 Å². The van der Waals surface area contributed by atoms with E-state index in [4.69, 9.17) is 4.74 Å². The second kappa shape index (κ2) is 3.73. The van der Waals surface area contributed by atoms with Gasteiger partial charge in [-0.25, -0.2) is 4.98 Å². The summed E-state index contributed by atoms with van der Waals surface area (Å²) in [6, 6.07) is 0.154. The number of nitrogens with zero attached hydrogens (tertiary/aromatic N) is 1. The summed E-state index contributed by atoms with van der Waals surface area (Å²) in [4.78, 5) is 15.4. The molecule has 0 unspecified atom stereocenters. The molecular formula is C7H7BrN2O2S. The Hall–Kier alpha value is -0.460. The van der Waals surface area contributed by atoms with E-state index in [1.165, 1.54) is 11.3 Å². The largest absolute Gasteiger partial charge is 0.377 e. The van der Waals surface area contributed by atoms with Crippen LogP contribution in [0, 0.1) is 0 Å². The van der Waals surface area contributed by atoms with Crippen LogP contribution in [0.4, 0.5) is 0 Å². The van der Waals surface area contributed by atoms with E-state index in [-0.39, 0.29) is 11.9 Å². The second-order valence-electron chi connectivity index (χ2n) is 2.68. The highest BCUT2D eigenvalue weighted by Gasteiger charge is 2.22. The highest BCUT2D eigenvalue weighted by molar-refractivity contribution is 9.11. The van der Waals surface area contributed by atoms with Crippen molar-refractivity contribution in [1.82, 2.24) is 10.3 Å². The van der Waals surface area contributed by atoms with Crippen molar-refractivity contribution < 1.29 is 9.53 Å². The van der Waals surface area contributed by atoms with Gasteiger partial charge in [0.25, 0.3) is 5.91 Å². The van der Waals surface area contributed by atoms with Crippen LogP contribution in [0.3, 0.4) is 0 Å². The molecule has 0 radical (unpaired) electrons. The molecule has 1 aliphatic heterocycles. The van der Waals surface area contributed by atoms with Gasteiger partial charge in [0.2, 0.25) is 0 Å². The van der Waals surface area contributed by atoms with E-state index in [1.807, 2.05) is 0 Å². The van der Waals surface area contributed by atoms with Crippen LogP contribution in [0.1, 0.15) is 10.5 Å². The number of thiazole rings is 1. The minimum atomic E-state index is -0.138. The van der Waals surface area contributed by atoms with E-state index in [1.54, 1.807) is 5.51 Å². The lowest BCUT2D eigenvalue weighted by Gasteiger charge is -2.26. The Morgan fingerprint density at radius 1 is 1.77 bits per heavy atom. The van der Waals surface area contributed by atoms with Gasteiger partial charge in [0.15, 0.2) is 5.69 Å². The molecule has 6 heteroatoms. The minimum absolute atomic E-state index is 0.138. The SMILES string of the molecule is O=C(NC1COC1)c1ncsc1Br. The van der Waals surface area contributed by atoms with Gasteiger partial charge in [-0.05, 0) is 15.9 Å². The fourth-order valence-corrected chi connectivity index (χ4v) is 1.99. The number of amides is 1. The summed E-state index contributed by atoms with van der Waals surface area (Å²) in [6.07, 6.45) is 0. The van der Waals surface area contributed by atoms with Crippen molar-refractivity contribution in [3.8, 4) is 0 Å². The normalized spacial score (nSPS) is 16.7. The number of nitrogens with one attached hydrogen (secondary N) is 1. The summed E-state index contributed by atoms with van der Waals surface area (Å²) in [5.41, 5.74) is 2.09. The summed E-state index contributed by atoms with van der Waals surface area (Å²) in [5.74, 6) is -0.138. The fourth-order valence-electron chi connectivity index (χ4n) is 0.953. The van der Waals surface area contributed by atoms with Gasteiger partial charge >= 0.3 is 0 Å². The number of hydrogen-bond acceptors (Lipinski definition) is 4. The van der Waals surface area contributed by atoms with Crippen LogP contribution in [-0.4, -0.2) is 30.1 Å². The third-order valence-electron chi connectivity index (χ3n) is 1.71. The zero-order valence-electron chi connectivity index (χ0n) is 6.62. The van der Waals surface area contributed by atoms with Crippen LogP contribution in [0.25, 0.3) is 0 Å². The molecule has 0 atom stereocenters. The fraction of sp³-hybridized carbons (Fsp3) is 0.429. The average Bonchev–Trinajstić information content (AvgIpc) is 2.43. The Morgan fingerprint density at radius 3 is 3.00 bits per heavy atom. The molecule has 0 spiro atoms. The number of carbonyl (C=O) groups excluding carboxylic acids is 1. The van der Waals surface area contributed by atoms with E-state index in [0.29, 0.717) is 18.9 Å². The zero-order chi connectivity index (χ0) is 9.26. The lowest BCUT2D eigenvalue weighted by molar-refractivity contribution is -0.00355. The molecule has 1 saturated heterocycles. The van der Waals surface area contributed by atoms with Crippen molar-refractivity contribution in [1.29, 1.82) is 0 Å². The number of hydrogen-bond donors (Lipinski definition) is 1. The van der Waals surface area contributed by atoms with Gasteiger partial charge in [-0.2, -0.15) is 0 Å². The van der Waals surface area contributed by atoms with Gasteiger partial charge in [0, 0.05) is 0 Å². The molecule has 1 amide bonds. The third kappa shape index (κ3) is 1.90.